The maximum Gasteiger partial charge on any atom is 0.311 e. The number of piperazine rings is 1. The molecule has 1 amide bonds. The van der Waals surface area contributed by atoms with Crippen LogP contribution in [0.4, 0.5) is 21.5 Å². The van der Waals surface area contributed by atoms with Crippen LogP contribution in [-0.2, 0) is 14.3 Å². The summed E-state index contributed by atoms with van der Waals surface area (Å²) in [7, 11) is 0. The van der Waals surface area contributed by atoms with Crippen LogP contribution in [0.3, 0.4) is 0 Å². The highest BCUT2D eigenvalue weighted by atomic mass is 32.2. The Labute approximate surface area is 202 Å². The molecule has 0 radical (unpaired) electrons. The Bertz CT molecular complexity index is 1110. The molecule has 2 heterocycles. The zero-order chi connectivity index (χ0) is 23.9. The molecule has 178 valence electrons. The largest absolute Gasteiger partial charge is 0.466 e. The number of benzene rings is 2. The average molecular weight is 483 g/mol. The standard InChI is InChI=1S/C25H27FN4O3S/c1-2-33-25(32)16-18-15-23(28-21-9-5-4-8-20(21)27-18)34-17-24(31)30-13-11-29(12-14-30)22-10-6-3-7-19(22)26/h3-10,15,27H,2,11-14,16-17H2,1H3. The van der Waals surface area contributed by atoms with Crippen LogP contribution < -0.4 is 10.2 Å². The van der Waals surface area contributed by atoms with E-state index in [-0.39, 0.29) is 29.9 Å². The average Bonchev–Trinajstić information content (AvgIpc) is 3.01. The Balaban J connectivity index is 1.38. The number of aliphatic imine (C=N–C) groups is 1. The van der Waals surface area contributed by atoms with Crippen molar-refractivity contribution in [3.05, 3.63) is 66.1 Å². The summed E-state index contributed by atoms with van der Waals surface area (Å²) in [5, 5.41) is 3.90. The highest BCUT2D eigenvalue weighted by Crippen LogP contribution is 2.31. The van der Waals surface area contributed by atoms with E-state index in [0.29, 0.717) is 49.2 Å². The second kappa shape index (κ2) is 11.2. The van der Waals surface area contributed by atoms with Crippen molar-refractivity contribution in [3.63, 3.8) is 0 Å². The number of esters is 1. The second-order valence-corrected chi connectivity index (χ2v) is 8.85. The number of nitrogens with zero attached hydrogens (tertiary/aromatic N) is 3. The van der Waals surface area contributed by atoms with E-state index < -0.39 is 0 Å². The first-order chi connectivity index (χ1) is 16.5. The van der Waals surface area contributed by atoms with Crippen molar-refractivity contribution in [2.45, 2.75) is 13.3 Å². The fourth-order valence-corrected chi connectivity index (χ4v) is 4.70. The van der Waals surface area contributed by atoms with Gasteiger partial charge < -0.3 is 19.9 Å². The van der Waals surface area contributed by atoms with Gasteiger partial charge in [0.2, 0.25) is 5.91 Å². The van der Waals surface area contributed by atoms with Gasteiger partial charge >= 0.3 is 5.97 Å². The van der Waals surface area contributed by atoms with E-state index in [2.05, 4.69) is 10.3 Å². The quantitative estimate of drug-likeness (QED) is 0.622. The summed E-state index contributed by atoms with van der Waals surface area (Å²) >= 11 is 1.34. The number of halogens is 1. The SMILES string of the molecule is CCOC(=O)CC1=CC(SCC(=O)N2CCN(c3ccccc3F)CC2)=Nc2ccccc2N1. The molecule has 0 bridgehead atoms. The molecule has 34 heavy (non-hydrogen) atoms. The molecular weight excluding hydrogens is 455 g/mol. The Hall–Kier alpha value is -3.33. The van der Waals surface area contributed by atoms with Crippen LogP contribution in [-0.4, -0.2) is 60.4 Å². The molecule has 0 unspecified atom stereocenters. The minimum absolute atomic E-state index is 0.00622. The Morgan fingerprint density at radius 3 is 2.59 bits per heavy atom. The summed E-state index contributed by atoms with van der Waals surface area (Å²) in [5.74, 6) is -0.340. The molecule has 0 saturated carbocycles. The fourth-order valence-electron chi connectivity index (χ4n) is 3.85. The monoisotopic (exact) mass is 482 g/mol. The van der Waals surface area contributed by atoms with Crippen molar-refractivity contribution in [2.75, 3.05) is 48.8 Å². The number of amides is 1. The van der Waals surface area contributed by atoms with Gasteiger partial charge in [-0.25, -0.2) is 9.38 Å². The summed E-state index contributed by atoms with van der Waals surface area (Å²) in [6.07, 6.45) is 1.89. The smallest absolute Gasteiger partial charge is 0.311 e. The highest BCUT2D eigenvalue weighted by molar-refractivity contribution is 8.14. The zero-order valence-electron chi connectivity index (χ0n) is 19.0. The molecule has 1 fully saturated rings. The van der Waals surface area contributed by atoms with Crippen LogP contribution >= 0.6 is 11.8 Å². The number of thioether (sulfide) groups is 1. The van der Waals surface area contributed by atoms with E-state index in [0.717, 1.165) is 11.4 Å². The molecule has 4 rings (SSSR count). The number of carbonyl (C=O) groups is 2. The molecule has 1 saturated heterocycles. The number of nitrogens with one attached hydrogen (secondary N) is 1. The van der Waals surface area contributed by atoms with E-state index in [9.17, 15) is 14.0 Å². The predicted molar refractivity (Wildman–Crippen MR) is 134 cm³/mol. The molecule has 1 N–H and O–H groups in total. The van der Waals surface area contributed by atoms with E-state index in [1.807, 2.05) is 35.2 Å². The van der Waals surface area contributed by atoms with Gasteiger partial charge in [0.05, 0.1) is 40.9 Å². The third-order valence-electron chi connectivity index (χ3n) is 5.54. The van der Waals surface area contributed by atoms with Crippen molar-refractivity contribution < 1.29 is 18.7 Å². The summed E-state index contributed by atoms with van der Waals surface area (Å²) in [4.78, 5) is 33.4. The Morgan fingerprint density at radius 2 is 1.82 bits per heavy atom. The predicted octanol–water partition coefficient (Wildman–Crippen LogP) is 4.20. The number of carbonyl (C=O) groups excluding carboxylic acids is 2. The Kier molecular flexibility index (Phi) is 7.84. The third-order valence-corrected chi connectivity index (χ3v) is 6.43. The van der Waals surface area contributed by atoms with Crippen molar-refractivity contribution in [2.24, 2.45) is 4.99 Å². The van der Waals surface area contributed by atoms with Crippen molar-refractivity contribution in [1.29, 1.82) is 0 Å². The molecule has 0 spiro atoms. The summed E-state index contributed by atoms with van der Waals surface area (Å²) in [6, 6.07) is 14.3. The molecule has 0 atom stereocenters. The first-order valence-electron chi connectivity index (χ1n) is 11.2. The summed E-state index contributed by atoms with van der Waals surface area (Å²) < 4.78 is 19.2. The number of hydrogen-bond acceptors (Lipinski definition) is 7. The summed E-state index contributed by atoms with van der Waals surface area (Å²) in [5.41, 5.74) is 2.78. The van der Waals surface area contributed by atoms with Crippen molar-refractivity contribution in [1.82, 2.24) is 4.90 Å². The van der Waals surface area contributed by atoms with Crippen LogP contribution in [0.15, 0.2) is 65.3 Å². The number of rotatable bonds is 6. The minimum atomic E-state index is -0.325. The lowest BCUT2D eigenvalue weighted by Crippen LogP contribution is -2.49. The minimum Gasteiger partial charge on any atom is -0.466 e. The van der Waals surface area contributed by atoms with Gasteiger partial charge in [-0.05, 0) is 37.3 Å². The van der Waals surface area contributed by atoms with E-state index >= 15 is 0 Å². The van der Waals surface area contributed by atoms with Crippen LogP contribution in [0.2, 0.25) is 0 Å². The van der Waals surface area contributed by atoms with Crippen LogP contribution in [0.5, 0.6) is 0 Å². The van der Waals surface area contributed by atoms with Gasteiger partial charge in [-0.3, -0.25) is 9.59 Å². The first kappa shape index (κ1) is 23.8. The van der Waals surface area contributed by atoms with Gasteiger partial charge in [0.15, 0.2) is 0 Å². The Morgan fingerprint density at radius 1 is 1.09 bits per heavy atom. The van der Waals surface area contributed by atoms with E-state index in [1.165, 1.54) is 17.8 Å². The van der Waals surface area contributed by atoms with Crippen LogP contribution in [0, 0.1) is 5.82 Å². The number of para-hydroxylation sites is 3. The van der Waals surface area contributed by atoms with Crippen LogP contribution in [0.25, 0.3) is 0 Å². The number of ether oxygens (including phenoxy) is 1. The van der Waals surface area contributed by atoms with Crippen molar-refractivity contribution in [3.8, 4) is 0 Å². The normalized spacial score (nSPS) is 15.5. The molecule has 2 aliphatic heterocycles. The van der Waals surface area contributed by atoms with E-state index in [4.69, 9.17) is 4.74 Å². The lowest BCUT2D eigenvalue weighted by Gasteiger charge is -2.36. The molecule has 2 aromatic carbocycles. The first-order valence-corrected chi connectivity index (χ1v) is 12.2. The lowest BCUT2D eigenvalue weighted by molar-refractivity contribution is -0.142. The number of fused-ring (bicyclic) bond motifs is 1. The van der Waals surface area contributed by atoms with Gasteiger partial charge in [-0.2, -0.15) is 0 Å². The lowest BCUT2D eigenvalue weighted by atomic mass is 10.2. The third kappa shape index (κ3) is 5.96. The van der Waals surface area contributed by atoms with Gasteiger partial charge in [-0.15, -0.1) is 0 Å². The molecule has 2 aliphatic rings. The van der Waals surface area contributed by atoms with Gasteiger partial charge in [-0.1, -0.05) is 36.0 Å². The molecule has 0 aromatic heterocycles. The maximum atomic E-state index is 14.1. The fraction of sp³-hybridized carbons (Fsp3) is 0.320. The zero-order valence-corrected chi connectivity index (χ0v) is 19.8. The molecule has 9 heteroatoms. The molecule has 2 aromatic rings. The van der Waals surface area contributed by atoms with Crippen LogP contribution in [0.1, 0.15) is 13.3 Å². The van der Waals surface area contributed by atoms with Gasteiger partial charge in [0.1, 0.15) is 5.82 Å². The summed E-state index contributed by atoms with van der Waals surface area (Å²) in [6.45, 7) is 4.32. The highest BCUT2D eigenvalue weighted by Gasteiger charge is 2.23. The van der Waals surface area contributed by atoms with E-state index in [1.54, 1.807) is 30.0 Å². The maximum absolute atomic E-state index is 14.1. The number of anilines is 2. The topological polar surface area (TPSA) is 74.2 Å². The van der Waals surface area contributed by atoms with Gasteiger partial charge in [0, 0.05) is 31.9 Å². The van der Waals surface area contributed by atoms with Crippen molar-refractivity contribution >= 4 is 45.7 Å². The molecular formula is C25H27FN4O3S. The number of hydrogen-bond donors (Lipinski definition) is 1. The van der Waals surface area contributed by atoms with Gasteiger partial charge in [0.25, 0.3) is 0 Å². The second-order valence-electron chi connectivity index (χ2n) is 7.85. The molecule has 0 aliphatic carbocycles. The molecule has 7 nitrogen and oxygen atoms in total.